The van der Waals surface area contributed by atoms with Crippen LogP contribution in [0.4, 0.5) is 5.69 Å². The molecule has 7 nitrogen and oxygen atoms in total. The Bertz CT molecular complexity index is 566. The van der Waals surface area contributed by atoms with Crippen LogP contribution in [0.25, 0.3) is 0 Å². The molecule has 1 aromatic carbocycles. The summed E-state index contributed by atoms with van der Waals surface area (Å²) >= 11 is 0. The van der Waals surface area contributed by atoms with E-state index in [4.69, 9.17) is 5.11 Å². The molecule has 4 N–H and O–H groups in total. The molecular formula is C12H18N2O5S. The highest BCUT2D eigenvalue weighted by Gasteiger charge is 2.23. The van der Waals surface area contributed by atoms with Crippen LogP contribution in [-0.4, -0.2) is 43.3 Å². The Morgan fingerprint density at radius 2 is 1.85 bits per heavy atom. The molecule has 1 amide bonds. The number of hydrogen-bond donors (Lipinski definition) is 4. The predicted molar refractivity (Wildman–Crippen MR) is 73.6 cm³/mol. The Hall–Kier alpha value is -1.48. The Morgan fingerprint density at radius 1 is 1.30 bits per heavy atom. The Morgan fingerprint density at radius 3 is 2.30 bits per heavy atom. The van der Waals surface area contributed by atoms with Gasteiger partial charge in [-0.25, -0.2) is 13.1 Å². The van der Waals surface area contributed by atoms with Gasteiger partial charge in [-0.05, 0) is 31.2 Å². The maximum Gasteiger partial charge on any atom is 0.240 e. The van der Waals surface area contributed by atoms with E-state index in [0.717, 1.165) is 0 Å². The molecule has 1 aromatic rings. The fourth-order valence-electron chi connectivity index (χ4n) is 1.31. The summed E-state index contributed by atoms with van der Waals surface area (Å²) in [5.41, 5.74) is -1.04. The van der Waals surface area contributed by atoms with Gasteiger partial charge in [0.15, 0.2) is 0 Å². The molecule has 0 aliphatic heterocycles. The third kappa shape index (κ3) is 4.89. The van der Waals surface area contributed by atoms with E-state index in [2.05, 4.69) is 10.0 Å². The lowest BCUT2D eigenvalue weighted by Gasteiger charge is -2.20. The lowest BCUT2D eigenvalue weighted by molar-refractivity contribution is -0.114. The van der Waals surface area contributed by atoms with Crippen molar-refractivity contribution >= 4 is 21.6 Å². The molecule has 0 aliphatic carbocycles. The Balaban J connectivity index is 2.80. The van der Waals surface area contributed by atoms with Crippen molar-refractivity contribution in [2.45, 2.75) is 24.3 Å². The second kappa shape index (κ2) is 6.31. The van der Waals surface area contributed by atoms with Crippen molar-refractivity contribution in [1.29, 1.82) is 0 Å². The summed E-state index contributed by atoms with van der Waals surface area (Å²) in [4.78, 5) is 10.8. The van der Waals surface area contributed by atoms with Crippen LogP contribution in [0.5, 0.6) is 0 Å². The number of anilines is 1. The van der Waals surface area contributed by atoms with E-state index in [-0.39, 0.29) is 17.3 Å². The van der Waals surface area contributed by atoms with Crippen molar-refractivity contribution in [1.82, 2.24) is 4.72 Å². The summed E-state index contributed by atoms with van der Waals surface area (Å²) in [6, 6.07) is 5.59. The van der Waals surface area contributed by atoms with Crippen LogP contribution < -0.4 is 10.0 Å². The van der Waals surface area contributed by atoms with Gasteiger partial charge in [0, 0.05) is 19.2 Å². The fraction of sp³-hybridized carbons (Fsp3) is 0.417. The number of carbonyl (C=O) groups excluding carboxylic acids is 1. The van der Waals surface area contributed by atoms with Gasteiger partial charge in [-0.1, -0.05) is 0 Å². The van der Waals surface area contributed by atoms with Crippen LogP contribution in [0.1, 0.15) is 13.8 Å². The normalized spacial score (nSPS) is 14.6. The molecule has 0 fully saturated rings. The third-order valence-electron chi connectivity index (χ3n) is 2.47. The van der Waals surface area contributed by atoms with Crippen molar-refractivity contribution in [3.63, 3.8) is 0 Å². The molecule has 1 atom stereocenters. The SMILES string of the molecule is CC(=O)Nc1ccc(S(=O)(=O)NCC(C)(O)CO)cc1. The number of amides is 1. The van der Waals surface area contributed by atoms with Crippen molar-refractivity contribution in [3.8, 4) is 0 Å². The average molecular weight is 302 g/mol. The van der Waals surface area contributed by atoms with Crippen molar-refractivity contribution < 1.29 is 23.4 Å². The first kappa shape index (κ1) is 16.6. The molecule has 0 bridgehead atoms. The van der Waals surface area contributed by atoms with Crippen molar-refractivity contribution in [2.75, 3.05) is 18.5 Å². The minimum Gasteiger partial charge on any atom is -0.393 e. The summed E-state index contributed by atoms with van der Waals surface area (Å²) in [7, 11) is -3.78. The first-order chi connectivity index (χ1) is 9.16. The van der Waals surface area contributed by atoms with E-state index in [9.17, 15) is 18.3 Å². The van der Waals surface area contributed by atoms with Crippen molar-refractivity contribution in [2.24, 2.45) is 0 Å². The molecule has 0 saturated heterocycles. The second-order valence-corrected chi connectivity index (χ2v) is 6.45. The minimum absolute atomic E-state index is 0.000317. The molecule has 0 heterocycles. The minimum atomic E-state index is -3.78. The fourth-order valence-corrected chi connectivity index (χ4v) is 2.47. The average Bonchev–Trinajstić information content (AvgIpc) is 2.37. The maximum atomic E-state index is 11.9. The summed E-state index contributed by atoms with van der Waals surface area (Å²) in [5.74, 6) is -0.252. The number of nitrogens with one attached hydrogen (secondary N) is 2. The van der Waals surface area contributed by atoms with Crippen molar-refractivity contribution in [3.05, 3.63) is 24.3 Å². The highest BCUT2D eigenvalue weighted by atomic mass is 32.2. The predicted octanol–water partition coefficient (Wildman–Crippen LogP) is -0.333. The lowest BCUT2D eigenvalue weighted by Crippen LogP contribution is -2.43. The molecule has 0 spiro atoms. The molecule has 112 valence electrons. The number of aliphatic hydroxyl groups is 2. The number of aliphatic hydroxyl groups excluding tert-OH is 1. The van der Waals surface area contributed by atoms with Gasteiger partial charge >= 0.3 is 0 Å². The van der Waals surface area contributed by atoms with Gasteiger partial charge in [-0.3, -0.25) is 4.79 Å². The van der Waals surface area contributed by atoms with Gasteiger partial charge in [0.1, 0.15) is 0 Å². The topological polar surface area (TPSA) is 116 Å². The molecule has 1 rings (SSSR count). The van der Waals surface area contributed by atoms with E-state index in [1.807, 2.05) is 0 Å². The third-order valence-corrected chi connectivity index (χ3v) is 3.89. The molecule has 0 radical (unpaired) electrons. The van der Waals surface area contributed by atoms with Crippen LogP contribution in [0.3, 0.4) is 0 Å². The Labute approximate surface area is 117 Å². The van der Waals surface area contributed by atoms with Gasteiger partial charge in [0.05, 0.1) is 17.1 Å². The summed E-state index contributed by atoms with van der Waals surface area (Å²) in [6.45, 7) is 1.80. The van der Waals surface area contributed by atoms with Gasteiger partial charge < -0.3 is 15.5 Å². The molecule has 0 saturated carbocycles. The monoisotopic (exact) mass is 302 g/mol. The van der Waals surface area contributed by atoms with Gasteiger partial charge in [0.2, 0.25) is 15.9 Å². The maximum absolute atomic E-state index is 11.9. The standard InChI is InChI=1S/C12H18N2O5S/c1-9(16)14-10-3-5-11(6-4-10)20(18,19)13-7-12(2,17)8-15/h3-6,13,15,17H,7-8H2,1-2H3,(H,14,16). The molecule has 20 heavy (non-hydrogen) atoms. The lowest BCUT2D eigenvalue weighted by atomic mass is 10.1. The molecule has 0 aromatic heterocycles. The van der Waals surface area contributed by atoms with Crippen LogP contribution in [0.2, 0.25) is 0 Å². The Kier molecular flexibility index (Phi) is 5.23. The molecule has 0 aliphatic rings. The smallest absolute Gasteiger partial charge is 0.240 e. The largest absolute Gasteiger partial charge is 0.393 e. The first-order valence-corrected chi connectivity index (χ1v) is 7.35. The van der Waals surface area contributed by atoms with Crippen LogP contribution >= 0.6 is 0 Å². The quantitative estimate of drug-likeness (QED) is 0.574. The van der Waals surface area contributed by atoms with E-state index >= 15 is 0 Å². The highest BCUT2D eigenvalue weighted by molar-refractivity contribution is 7.89. The van der Waals surface area contributed by atoms with Gasteiger partial charge in [-0.2, -0.15) is 0 Å². The van der Waals surface area contributed by atoms with E-state index < -0.39 is 22.2 Å². The highest BCUT2D eigenvalue weighted by Crippen LogP contribution is 2.14. The zero-order valence-electron chi connectivity index (χ0n) is 11.3. The number of sulfonamides is 1. The first-order valence-electron chi connectivity index (χ1n) is 5.87. The van der Waals surface area contributed by atoms with Crippen LogP contribution in [-0.2, 0) is 14.8 Å². The summed E-state index contributed by atoms with van der Waals surface area (Å²) in [5, 5.41) is 20.9. The molecule has 1 unspecified atom stereocenters. The summed E-state index contributed by atoms with van der Waals surface area (Å²) < 4.78 is 26.1. The van der Waals surface area contributed by atoms with Crippen LogP contribution in [0, 0.1) is 0 Å². The van der Waals surface area contributed by atoms with E-state index in [1.165, 1.54) is 38.1 Å². The molecule has 8 heteroatoms. The van der Waals surface area contributed by atoms with E-state index in [1.54, 1.807) is 0 Å². The molecular weight excluding hydrogens is 284 g/mol. The number of benzene rings is 1. The van der Waals surface area contributed by atoms with Gasteiger partial charge in [0.25, 0.3) is 0 Å². The van der Waals surface area contributed by atoms with Crippen LogP contribution in [0.15, 0.2) is 29.2 Å². The zero-order valence-corrected chi connectivity index (χ0v) is 12.1. The number of hydrogen-bond acceptors (Lipinski definition) is 5. The van der Waals surface area contributed by atoms with Gasteiger partial charge in [-0.15, -0.1) is 0 Å². The zero-order chi connectivity index (χ0) is 15.4. The number of carbonyl (C=O) groups is 1. The second-order valence-electron chi connectivity index (χ2n) is 4.69. The van der Waals surface area contributed by atoms with E-state index in [0.29, 0.717) is 5.69 Å². The summed E-state index contributed by atoms with van der Waals surface area (Å²) in [6.07, 6.45) is 0. The number of rotatable bonds is 6.